The average Bonchev–Trinajstić information content (AvgIpc) is 3.38. The molecule has 13 heteroatoms. The van der Waals surface area contributed by atoms with E-state index in [0.29, 0.717) is 67.5 Å². The van der Waals surface area contributed by atoms with Crippen molar-refractivity contribution >= 4 is 22.6 Å². The zero-order valence-corrected chi connectivity index (χ0v) is 25.6. The number of hydrogen-bond acceptors (Lipinski definition) is 10. The van der Waals surface area contributed by atoms with E-state index in [1.54, 1.807) is 43.2 Å². The summed E-state index contributed by atoms with van der Waals surface area (Å²) in [7, 11) is 3.20. The minimum atomic E-state index is -0.502. The molecule has 0 unspecified atom stereocenters. The first kappa shape index (κ1) is 30.7. The van der Waals surface area contributed by atoms with Crippen LogP contribution >= 0.6 is 0 Å². The smallest absolute Gasteiger partial charge is 0.284 e. The number of fused-ring (bicyclic) bond motifs is 2. The van der Waals surface area contributed by atoms with Gasteiger partial charge in [0.1, 0.15) is 36.7 Å². The van der Waals surface area contributed by atoms with E-state index in [1.165, 1.54) is 12.5 Å². The molecule has 3 aromatic heterocycles. The van der Waals surface area contributed by atoms with Crippen LogP contribution in [-0.2, 0) is 22.4 Å². The second-order valence-electron chi connectivity index (χ2n) is 10.5. The van der Waals surface area contributed by atoms with Gasteiger partial charge >= 0.3 is 0 Å². The lowest BCUT2D eigenvalue weighted by Crippen LogP contribution is -2.26. The Labute approximate surface area is 264 Å². The van der Waals surface area contributed by atoms with E-state index in [1.807, 2.05) is 35.0 Å². The number of para-hydroxylation sites is 1. The molecule has 4 heterocycles. The van der Waals surface area contributed by atoms with Crippen molar-refractivity contribution in [1.82, 2.24) is 24.3 Å². The summed E-state index contributed by atoms with van der Waals surface area (Å²) in [5.74, 6) is 1.43. The highest BCUT2D eigenvalue weighted by molar-refractivity contribution is 6.04. The molecule has 13 nitrogen and oxygen atoms in total. The summed E-state index contributed by atoms with van der Waals surface area (Å²) in [6, 6.07) is 16.1. The number of rotatable bonds is 13. The third kappa shape index (κ3) is 6.55. The van der Waals surface area contributed by atoms with Crippen LogP contribution in [0, 0.1) is 0 Å². The Bertz CT molecular complexity index is 1870. The van der Waals surface area contributed by atoms with Crippen LogP contribution in [0.2, 0.25) is 0 Å². The lowest BCUT2D eigenvalue weighted by atomic mass is 10.1. The van der Waals surface area contributed by atoms with Gasteiger partial charge in [0.15, 0.2) is 11.5 Å². The van der Waals surface area contributed by atoms with E-state index in [0.717, 1.165) is 24.2 Å². The van der Waals surface area contributed by atoms with Crippen molar-refractivity contribution in [3.05, 3.63) is 88.7 Å². The van der Waals surface area contributed by atoms with Crippen LogP contribution < -0.4 is 25.1 Å². The van der Waals surface area contributed by atoms with Gasteiger partial charge in [0, 0.05) is 26.8 Å². The van der Waals surface area contributed by atoms with Gasteiger partial charge in [-0.3, -0.25) is 14.3 Å². The molecule has 0 saturated heterocycles. The maximum absolute atomic E-state index is 13.5. The highest BCUT2D eigenvalue weighted by Gasteiger charge is 2.28. The van der Waals surface area contributed by atoms with Gasteiger partial charge in [-0.2, -0.15) is 0 Å². The number of carbonyl (C=O) groups is 1. The molecule has 1 N–H and O–H groups in total. The Kier molecular flexibility index (Phi) is 9.51. The van der Waals surface area contributed by atoms with Gasteiger partial charge in [-0.1, -0.05) is 18.2 Å². The summed E-state index contributed by atoms with van der Waals surface area (Å²) in [6.45, 7) is 2.13. The zero-order chi connectivity index (χ0) is 31.9. The number of carbonyl (C=O) groups excluding carboxylic acids is 1. The molecule has 1 aliphatic rings. The average molecular weight is 627 g/mol. The number of nitrogens with zero attached hydrogens (tertiary/aromatic N) is 5. The second kappa shape index (κ2) is 14.2. The van der Waals surface area contributed by atoms with Crippen molar-refractivity contribution in [2.75, 3.05) is 46.0 Å². The molecule has 0 aliphatic carbocycles. The Balaban J connectivity index is 1.22. The number of methoxy groups -OCH3 is 2. The molecule has 1 amide bonds. The molecule has 0 spiro atoms. The molecule has 0 fully saturated rings. The summed E-state index contributed by atoms with van der Waals surface area (Å²) < 4.78 is 31.5. The third-order valence-corrected chi connectivity index (χ3v) is 7.46. The number of nitrogens with one attached hydrogen (secondary N) is 1. The highest BCUT2D eigenvalue weighted by Crippen LogP contribution is 2.36. The molecule has 0 atom stereocenters. The van der Waals surface area contributed by atoms with Gasteiger partial charge in [0.2, 0.25) is 5.88 Å². The molecule has 0 bridgehead atoms. The van der Waals surface area contributed by atoms with Gasteiger partial charge in [-0.15, -0.1) is 0 Å². The lowest BCUT2D eigenvalue weighted by molar-refractivity contribution is 0.102. The first-order valence-corrected chi connectivity index (χ1v) is 14.9. The van der Waals surface area contributed by atoms with E-state index in [2.05, 4.69) is 20.3 Å². The predicted molar refractivity (Wildman–Crippen MR) is 170 cm³/mol. The molecule has 46 heavy (non-hydrogen) atoms. The van der Waals surface area contributed by atoms with Crippen molar-refractivity contribution in [2.24, 2.45) is 0 Å². The Hall–Kier alpha value is -5.27. The Morgan fingerprint density at radius 3 is 2.37 bits per heavy atom. The minimum absolute atomic E-state index is 0.132. The van der Waals surface area contributed by atoms with Crippen LogP contribution in [0.4, 0.5) is 5.82 Å². The summed E-state index contributed by atoms with van der Waals surface area (Å²) in [6.07, 6.45) is 5.35. The van der Waals surface area contributed by atoms with E-state index in [4.69, 9.17) is 23.7 Å². The van der Waals surface area contributed by atoms with Gasteiger partial charge in [-0.05, 0) is 49.6 Å². The number of anilines is 1. The van der Waals surface area contributed by atoms with E-state index >= 15 is 0 Å². The van der Waals surface area contributed by atoms with E-state index in [9.17, 15) is 9.59 Å². The Morgan fingerprint density at radius 1 is 0.891 bits per heavy atom. The fourth-order valence-electron chi connectivity index (χ4n) is 5.31. The molecular weight excluding hydrogens is 592 g/mol. The topological polar surface area (TPSA) is 141 Å². The molecule has 6 rings (SSSR count). The Morgan fingerprint density at radius 2 is 1.65 bits per heavy atom. The number of amides is 1. The SMILES string of the molecule is COCCOc1cc2ncnc(Oc3ccc(NC(=O)c4c5n(n(-c6ccccc6)c4=O)CCCC5)nc3)c2cc1OCCOC. The molecule has 0 saturated carbocycles. The summed E-state index contributed by atoms with van der Waals surface area (Å²) in [5.41, 5.74) is 1.81. The molecule has 238 valence electrons. The van der Waals surface area contributed by atoms with Crippen molar-refractivity contribution in [2.45, 2.75) is 25.8 Å². The normalized spacial score (nSPS) is 12.5. The van der Waals surface area contributed by atoms with Crippen LogP contribution in [0.3, 0.4) is 0 Å². The molecular formula is C33H34N6O7. The number of benzene rings is 2. The van der Waals surface area contributed by atoms with Crippen LogP contribution in [0.1, 0.15) is 28.9 Å². The predicted octanol–water partition coefficient (Wildman–Crippen LogP) is 4.41. The van der Waals surface area contributed by atoms with Crippen LogP contribution in [0.5, 0.6) is 23.1 Å². The fraction of sp³-hybridized carbons (Fsp3) is 0.303. The standard InChI is InChI=1S/C33H34N6O7/c1-42-14-16-44-27-18-24-25(19-28(27)45-17-15-43-2)35-21-36-32(24)46-23-11-12-29(34-20-23)37-31(40)30-26-10-6-7-13-38(26)39(33(30)41)22-8-4-3-5-9-22/h3-5,8-9,11-12,18-21H,6-7,10,13-17H2,1-2H3,(H,34,37,40). The van der Waals surface area contributed by atoms with Gasteiger partial charge < -0.3 is 29.0 Å². The van der Waals surface area contributed by atoms with Gasteiger partial charge in [0.25, 0.3) is 11.5 Å². The molecule has 0 radical (unpaired) electrons. The minimum Gasteiger partial charge on any atom is -0.487 e. The van der Waals surface area contributed by atoms with E-state index < -0.39 is 5.91 Å². The lowest BCUT2D eigenvalue weighted by Gasteiger charge is -2.19. The van der Waals surface area contributed by atoms with Gasteiger partial charge in [0.05, 0.1) is 41.7 Å². The number of aromatic nitrogens is 5. The summed E-state index contributed by atoms with van der Waals surface area (Å²) in [5, 5.41) is 3.38. The second-order valence-corrected chi connectivity index (χ2v) is 10.5. The van der Waals surface area contributed by atoms with Crippen LogP contribution in [-0.4, -0.2) is 70.9 Å². The number of hydrogen-bond donors (Lipinski definition) is 1. The van der Waals surface area contributed by atoms with Crippen molar-refractivity contribution in [3.8, 4) is 28.8 Å². The van der Waals surface area contributed by atoms with E-state index in [-0.39, 0.29) is 22.8 Å². The fourth-order valence-corrected chi connectivity index (χ4v) is 5.31. The van der Waals surface area contributed by atoms with Gasteiger partial charge in [-0.25, -0.2) is 19.6 Å². The summed E-state index contributed by atoms with van der Waals surface area (Å²) in [4.78, 5) is 40.0. The molecule has 5 aromatic rings. The maximum atomic E-state index is 13.5. The van der Waals surface area contributed by atoms with Crippen molar-refractivity contribution in [1.29, 1.82) is 0 Å². The summed E-state index contributed by atoms with van der Waals surface area (Å²) >= 11 is 0. The first-order valence-electron chi connectivity index (χ1n) is 14.9. The first-order chi connectivity index (χ1) is 22.6. The number of ether oxygens (including phenoxy) is 5. The zero-order valence-electron chi connectivity index (χ0n) is 25.6. The van der Waals surface area contributed by atoms with Crippen molar-refractivity contribution < 1.29 is 28.5 Å². The van der Waals surface area contributed by atoms with Crippen molar-refractivity contribution in [3.63, 3.8) is 0 Å². The maximum Gasteiger partial charge on any atom is 0.284 e. The third-order valence-electron chi connectivity index (χ3n) is 7.46. The highest BCUT2D eigenvalue weighted by atomic mass is 16.5. The van der Waals surface area contributed by atoms with Crippen LogP contribution in [0.15, 0.2) is 71.9 Å². The largest absolute Gasteiger partial charge is 0.487 e. The quantitative estimate of drug-likeness (QED) is 0.187. The number of pyridine rings is 1. The van der Waals surface area contributed by atoms with Crippen LogP contribution in [0.25, 0.3) is 16.6 Å². The molecule has 2 aromatic carbocycles. The monoisotopic (exact) mass is 626 g/mol. The molecule has 1 aliphatic heterocycles.